The Hall–Kier alpha value is -2.47. The molecule has 4 rings (SSSR count). The lowest BCUT2D eigenvalue weighted by Gasteiger charge is -2.47. The third-order valence-electron chi connectivity index (χ3n) is 6.00. The van der Waals surface area contributed by atoms with Gasteiger partial charge in [0.1, 0.15) is 6.54 Å². The number of rotatable bonds is 3. The highest BCUT2D eigenvalue weighted by molar-refractivity contribution is 5.76. The highest BCUT2D eigenvalue weighted by Crippen LogP contribution is 2.39. The number of hydrogen-bond acceptors (Lipinski definition) is 4. The summed E-state index contributed by atoms with van der Waals surface area (Å²) in [7, 11) is 0. The Bertz CT molecular complexity index is 880. The standard InChI is InChI=1S/C21H25N3O3/c25-19-10-9-18(16-6-2-1-3-7-16)22-24(19)15-20(26)23-13-12-21(27)11-5-4-8-17(21)14-23/h1-3,6-7,9-10,17,27H,4-5,8,11-15H2. The topological polar surface area (TPSA) is 75.4 Å². The smallest absolute Gasteiger partial charge is 0.267 e. The number of aromatic nitrogens is 2. The summed E-state index contributed by atoms with van der Waals surface area (Å²) >= 11 is 0. The minimum absolute atomic E-state index is 0.0648. The molecule has 0 bridgehead atoms. The number of carbonyl (C=O) groups excluding carboxylic acids is 1. The van der Waals surface area contributed by atoms with Crippen molar-refractivity contribution in [3.63, 3.8) is 0 Å². The Balaban J connectivity index is 1.49. The summed E-state index contributed by atoms with van der Waals surface area (Å²) in [5.41, 5.74) is 0.679. The zero-order chi connectivity index (χ0) is 18.9. The summed E-state index contributed by atoms with van der Waals surface area (Å²) in [6.07, 6.45) is 4.58. The lowest BCUT2D eigenvalue weighted by molar-refractivity contribution is -0.144. The Morgan fingerprint density at radius 2 is 1.96 bits per heavy atom. The summed E-state index contributed by atoms with van der Waals surface area (Å²) < 4.78 is 1.24. The van der Waals surface area contributed by atoms with E-state index in [-0.39, 0.29) is 23.9 Å². The molecule has 2 aromatic rings. The largest absolute Gasteiger partial charge is 0.389 e. The number of likely N-dealkylation sites (tertiary alicyclic amines) is 1. The molecule has 2 aliphatic rings. The Morgan fingerprint density at radius 1 is 1.15 bits per heavy atom. The predicted molar refractivity (Wildman–Crippen MR) is 102 cm³/mol. The van der Waals surface area contributed by atoms with Crippen LogP contribution in [-0.2, 0) is 11.3 Å². The second kappa shape index (κ2) is 7.27. The number of nitrogens with zero attached hydrogens (tertiary/aromatic N) is 3. The van der Waals surface area contributed by atoms with E-state index in [0.29, 0.717) is 25.2 Å². The summed E-state index contributed by atoms with van der Waals surface area (Å²) in [5, 5.41) is 15.2. The van der Waals surface area contributed by atoms with Crippen LogP contribution in [0, 0.1) is 5.92 Å². The molecular formula is C21H25N3O3. The molecule has 27 heavy (non-hydrogen) atoms. The maximum atomic E-state index is 12.8. The van der Waals surface area contributed by atoms with Crippen molar-refractivity contribution in [1.29, 1.82) is 0 Å². The number of aliphatic hydroxyl groups is 1. The van der Waals surface area contributed by atoms with E-state index in [4.69, 9.17) is 0 Å². The first-order valence-electron chi connectivity index (χ1n) is 9.69. The summed E-state index contributed by atoms with van der Waals surface area (Å²) in [5.74, 6) is 0.0340. The Kier molecular flexibility index (Phi) is 4.83. The van der Waals surface area contributed by atoms with E-state index in [0.717, 1.165) is 31.2 Å². The first kappa shape index (κ1) is 17.9. The van der Waals surface area contributed by atoms with Crippen molar-refractivity contribution in [2.45, 2.75) is 44.2 Å². The number of carbonyl (C=O) groups is 1. The van der Waals surface area contributed by atoms with Crippen molar-refractivity contribution in [2.75, 3.05) is 13.1 Å². The molecule has 0 spiro atoms. The van der Waals surface area contributed by atoms with Crippen LogP contribution in [0.2, 0.25) is 0 Å². The van der Waals surface area contributed by atoms with Crippen LogP contribution in [0.25, 0.3) is 11.3 Å². The van der Waals surface area contributed by atoms with E-state index < -0.39 is 5.60 Å². The average molecular weight is 367 g/mol. The maximum absolute atomic E-state index is 12.8. The molecule has 1 saturated carbocycles. The molecule has 1 amide bonds. The van der Waals surface area contributed by atoms with Crippen molar-refractivity contribution in [3.8, 4) is 11.3 Å². The van der Waals surface area contributed by atoms with Gasteiger partial charge in [-0.05, 0) is 25.3 Å². The second-order valence-corrected chi connectivity index (χ2v) is 7.72. The van der Waals surface area contributed by atoms with Gasteiger partial charge in [-0.15, -0.1) is 0 Å². The lowest BCUT2D eigenvalue weighted by atomic mass is 9.71. The molecule has 2 atom stereocenters. The van der Waals surface area contributed by atoms with E-state index >= 15 is 0 Å². The Labute approximate surface area is 158 Å². The first-order valence-corrected chi connectivity index (χ1v) is 9.69. The van der Waals surface area contributed by atoms with Crippen molar-refractivity contribution >= 4 is 5.91 Å². The monoisotopic (exact) mass is 367 g/mol. The molecule has 6 nitrogen and oxygen atoms in total. The third-order valence-corrected chi connectivity index (χ3v) is 6.00. The van der Waals surface area contributed by atoms with Crippen LogP contribution >= 0.6 is 0 Å². The second-order valence-electron chi connectivity index (χ2n) is 7.72. The maximum Gasteiger partial charge on any atom is 0.267 e. The number of hydrogen-bond donors (Lipinski definition) is 1. The lowest BCUT2D eigenvalue weighted by Crippen LogP contribution is -2.55. The number of piperidine rings is 1. The van der Waals surface area contributed by atoms with Gasteiger partial charge in [0, 0.05) is 30.6 Å². The van der Waals surface area contributed by atoms with Crippen LogP contribution in [0.3, 0.4) is 0 Å². The van der Waals surface area contributed by atoms with Gasteiger partial charge in [0.15, 0.2) is 0 Å². The minimum atomic E-state index is -0.614. The van der Waals surface area contributed by atoms with Crippen molar-refractivity contribution < 1.29 is 9.90 Å². The quantitative estimate of drug-likeness (QED) is 0.901. The van der Waals surface area contributed by atoms with Crippen molar-refractivity contribution in [2.24, 2.45) is 5.92 Å². The van der Waals surface area contributed by atoms with E-state index in [9.17, 15) is 14.7 Å². The fourth-order valence-corrected chi connectivity index (χ4v) is 4.35. The molecule has 1 aromatic carbocycles. The Morgan fingerprint density at radius 3 is 2.78 bits per heavy atom. The van der Waals surface area contributed by atoms with Gasteiger partial charge in [-0.1, -0.05) is 43.2 Å². The summed E-state index contributed by atoms with van der Waals surface area (Å²) in [6, 6.07) is 12.7. The van der Waals surface area contributed by atoms with Gasteiger partial charge in [0.25, 0.3) is 5.56 Å². The predicted octanol–water partition coefficient (Wildman–Crippen LogP) is 2.06. The van der Waals surface area contributed by atoms with E-state index in [1.165, 1.54) is 10.7 Å². The van der Waals surface area contributed by atoms with Gasteiger partial charge in [-0.25, -0.2) is 4.68 Å². The summed E-state index contributed by atoms with van der Waals surface area (Å²) in [6.45, 7) is 1.05. The molecule has 1 aliphatic carbocycles. The van der Waals surface area contributed by atoms with Crippen molar-refractivity contribution in [3.05, 3.63) is 52.8 Å². The normalized spacial score (nSPS) is 25.1. The van der Waals surface area contributed by atoms with Crippen molar-refractivity contribution in [1.82, 2.24) is 14.7 Å². The molecule has 142 valence electrons. The van der Waals surface area contributed by atoms with Crippen LogP contribution < -0.4 is 5.56 Å². The number of fused-ring (bicyclic) bond motifs is 1. The van der Waals surface area contributed by atoms with Gasteiger partial charge < -0.3 is 10.0 Å². The van der Waals surface area contributed by atoms with Crippen LogP contribution in [-0.4, -0.2) is 44.4 Å². The molecule has 2 fully saturated rings. The molecule has 0 radical (unpaired) electrons. The van der Waals surface area contributed by atoms with E-state index in [2.05, 4.69) is 5.10 Å². The van der Waals surface area contributed by atoms with Gasteiger partial charge in [0.05, 0.1) is 11.3 Å². The van der Waals surface area contributed by atoms with Crippen LogP contribution in [0.15, 0.2) is 47.3 Å². The van der Waals surface area contributed by atoms with E-state index in [1.807, 2.05) is 30.3 Å². The van der Waals surface area contributed by atoms with Gasteiger partial charge >= 0.3 is 0 Å². The number of benzene rings is 1. The minimum Gasteiger partial charge on any atom is -0.389 e. The highest BCUT2D eigenvalue weighted by atomic mass is 16.3. The van der Waals surface area contributed by atoms with Crippen LogP contribution in [0.5, 0.6) is 0 Å². The zero-order valence-electron chi connectivity index (χ0n) is 15.4. The zero-order valence-corrected chi connectivity index (χ0v) is 15.4. The van der Waals surface area contributed by atoms with Gasteiger partial charge in [0.2, 0.25) is 5.91 Å². The fourth-order valence-electron chi connectivity index (χ4n) is 4.35. The molecule has 1 aliphatic heterocycles. The van der Waals surface area contributed by atoms with E-state index in [1.54, 1.807) is 11.0 Å². The molecule has 1 saturated heterocycles. The molecule has 2 unspecified atom stereocenters. The fraction of sp³-hybridized carbons (Fsp3) is 0.476. The van der Waals surface area contributed by atoms with Crippen LogP contribution in [0.1, 0.15) is 32.1 Å². The van der Waals surface area contributed by atoms with Gasteiger partial charge in [-0.2, -0.15) is 5.10 Å². The molecular weight excluding hydrogens is 342 g/mol. The average Bonchev–Trinajstić information content (AvgIpc) is 2.69. The van der Waals surface area contributed by atoms with Gasteiger partial charge in [-0.3, -0.25) is 9.59 Å². The molecule has 2 heterocycles. The molecule has 1 N–H and O–H groups in total. The number of amides is 1. The highest BCUT2D eigenvalue weighted by Gasteiger charge is 2.43. The van der Waals surface area contributed by atoms with Crippen LogP contribution in [0.4, 0.5) is 0 Å². The molecule has 6 heteroatoms. The SMILES string of the molecule is O=C(Cn1nc(-c2ccccc2)ccc1=O)N1CCC2(O)CCCCC2C1. The third kappa shape index (κ3) is 3.67. The summed E-state index contributed by atoms with van der Waals surface area (Å²) in [4.78, 5) is 26.8. The molecule has 1 aromatic heterocycles. The first-order chi connectivity index (χ1) is 13.0.